The molecule has 0 bridgehead atoms. The maximum Gasteiger partial charge on any atom is 0.326 e. The van der Waals surface area contributed by atoms with Gasteiger partial charge >= 0.3 is 17.9 Å². The predicted octanol–water partition coefficient (Wildman–Crippen LogP) is 7.65. The number of carboxylic acid groups (broad SMARTS) is 3. The van der Waals surface area contributed by atoms with E-state index in [1.165, 1.54) is 24.3 Å². The van der Waals surface area contributed by atoms with Crippen molar-refractivity contribution in [2.24, 2.45) is 11.8 Å². The average Bonchev–Trinajstić information content (AvgIpc) is 1.61. The highest BCUT2D eigenvalue weighted by atomic mass is 32.2. The van der Waals surface area contributed by atoms with Gasteiger partial charge in [0, 0.05) is 72.6 Å². The molecule has 30 heteroatoms. The summed E-state index contributed by atoms with van der Waals surface area (Å²) < 4.78 is 157. The monoisotopic (exact) mass is 1320 g/mol. The molecule has 1 amide bonds. The molecule has 1 fully saturated rings. The summed E-state index contributed by atoms with van der Waals surface area (Å²) in [6, 6.07) is 6.94. The number of ether oxygens (including phenoxy) is 1. The number of anilines is 1. The number of allylic oxidation sites excluding steroid dienone is 7. The summed E-state index contributed by atoms with van der Waals surface area (Å²) in [4.78, 5) is 59.8. The number of rotatable bonds is 31. The quantitative estimate of drug-likeness (QED) is 0.0151. The lowest BCUT2D eigenvalue weighted by Gasteiger charge is -2.32. The fourth-order valence-corrected chi connectivity index (χ4v) is 15.9. The third-order valence-electron chi connectivity index (χ3n) is 16.6. The SMILES string of the molecule is CC1(C)C(=CC=C2CCCC(C=CC3=[N+](CCCCS(=O)(=O)O)c4ccc(S(=O)(=O)O)cc4C3(C)C)=C2OC2CCC(CCC(=O)NC(CCP(=O)(O)CC(CCC(=O)O)C(=O)O)C(=O)O)CC2)N(CCCCS(=O)(=O)O)c2ccc(S(=O)(=O)O)cc21. The molecule has 25 nitrogen and oxygen atoms in total. The van der Waals surface area contributed by atoms with Crippen molar-refractivity contribution in [3.05, 3.63) is 94.4 Å². The molecule has 3 unspecified atom stereocenters. The molecule has 6 rings (SSSR count). The molecule has 2 aliphatic carbocycles. The van der Waals surface area contributed by atoms with Crippen molar-refractivity contribution in [3.63, 3.8) is 0 Å². The molecule has 2 aliphatic heterocycles. The van der Waals surface area contributed by atoms with Crippen molar-refractivity contribution in [1.29, 1.82) is 0 Å². The van der Waals surface area contributed by atoms with Gasteiger partial charge in [0.15, 0.2) is 5.71 Å². The third-order valence-corrected chi connectivity index (χ3v) is 21.8. The van der Waals surface area contributed by atoms with E-state index in [0.717, 1.165) is 11.1 Å². The number of benzene rings is 2. The van der Waals surface area contributed by atoms with E-state index in [1.54, 1.807) is 12.1 Å². The van der Waals surface area contributed by atoms with E-state index in [2.05, 4.69) is 5.32 Å². The van der Waals surface area contributed by atoms with Gasteiger partial charge in [0.25, 0.3) is 40.5 Å². The number of nitrogens with one attached hydrogen (secondary N) is 1. The van der Waals surface area contributed by atoms with Crippen molar-refractivity contribution in [1.82, 2.24) is 5.32 Å². The number of aliphatic carboxylic acids is 3. The van der Waals surface area contributed by atoms with Crippen LogP contribution in [-0.2, 0) is 79.8 Å². The Bertz CT molecular complexity index is 3660. The number of carbonyl (C=O) groups is 4. The van der Waals surface area contributed by atoms with Crippen molar-refractivity contribution in [2.45, 2.75) is 163 Å². The number of unbranched alkanes of at least 4 members (excludes halogenated alkanes) is 2. The average molecular weight is 1320 g/mol. The summed E-state index contributed by atoms with van der Waals surface area (Å²) in [5.74, 6) is -6.66. The van der Waals surface area contributed by atoms with E-state index in [1.807, 2.05) is 61.5 Å². The summed E-state index contributed by atoms with van der Waals surface area (Å²) in [7, 11) is -22.0. The lowest BCUT2D eigenvalue weighted by molar-refractivity contribution is -0.438. The van der Waals surface area contributed by atoms with Crippen LogP contribution in [0.3, 0.4) is 0 Å². The van der Waals surface area contributed by atoms with Gasteiger partial charge in [-0.25, -0.2) is 4.79 Å². The Hall–Kier alpha value is -5.62. The Kier molecular flexibility index (Phi) is 23.1. The first-order valence-electron chi connectivity index (χ1n) is 28.6. The fraction of sp³-hybridized carbons (Fsp3) is 0.561. The van der Waals surface area contributed by atoms with Crippen LogP contribution >= 0.6 is 7.37 Å². The van der Waals surface area contributed by atoms with Gasteiger partial charge in [-0.1, -0.05) is 19.9 Å². The zero-order valence-corrected chi connectivity index (χ0v) is 53.1. The molecule has 87 heavy (non-hydrogen) atoms. The van der Waals surface area contributed by atoms with Crippen LogP contribution in [0.15, 0.2) is 93.1 Å². The second-order valence-corrected chi connectivity index (χ2v) is 32.3. The Morgan fingerprint density at radius 1 is 0.747 bits per heavy atom. The van der Waals surface area contributed by atoms with Crippen molar-refractivity contribution in [2.75, 3.05) is 41.8 Å². The van der Waals surface area contributed by atoms with Crippen LogP contribution in [0.1, 0.15) is 142 Å². The molecule has 3 atom stereocenters. The summed E-state index contributed by atoms with van der Waals surface area (Å²) in [6.07, 6.45) is 9.60. The smallest absolute Gasteiger partial charge is 0.326 e. The molecular weight excluding hydrogens is 1240 g/mol. The molecule has 2 aromatic rings. The van der Waals surface area contributed by atoms with Crippen LogP contribution in [0.25, 0.3) is 0 Å². The highest BCUT2D eigenvalue weighted by Crippen LogP contribution is 2.50. The Morgan fingerprint density at radius 3 is 1.94 bits per heavy atom. The maximum atomic E-state index is 13.2. The van der Waals surface area contributed by atoms with Gasteiger partial charge in [-0.05, 0) is 162 Å². The maximum absolute atomic E-state index is 13.2. The number of carbonyl (C=O) groups excluding carboxylic acids is 1. The normalized spacial score (nSPS) is 21.2. The molecule has 0 saturated heterocycles. The predicted molar refractivity (Wildman–Crippen MR) is 321 cm³/mol. The van der Waals surface area contributed by atoms with E-state index < -0.39 is 138 Å². The van der Waals surface area contributed by atoms with Gasteiger partial charge in [0.1, 0.15) is 18.3 Å². The minimum absolute atomic E-state index is 0.0122. The summed E-state index contributed by atoms with van der Waals surface area (Å²) in [5, 5.41) is 30.7. The molecular formula is C57H79N3O22PS4+. The van der Waals surface area contributed by atoms with E-state index in [-0.39, 0.29) is 54.2 Å². The van der Waals surface area contributed by atoms with Gasteiger partial charge in [-0.2, -0.15) is 38.2 Å². The molecule has 9 N–H and O–H groups in total. The van der Waals surface area contributed by atoms with Gasteiger partial charge < -0.3 is 35.2 Å². The summed E-state index contributed by atoms with van der Waals surface area (Å²) in [5.41, 5.74) is 3.60. The zero-order chi connectivity index (χ0) is 64.7. The van der Waals surface area contributed by atoms with Crippen LogP contribution in [0, 0.1) is 11.8 Å². The van der Waals surface area contributed by atoms with Crippen LogP contribution in [-0.4, -0.2) is 155 Å². The standard InChI is InChI=1S/C57H78N3O22PS4/c1-56(2)44-34-42(86(76,77)78)20-22-47(44)59(29-5-7-32-84(70,71)72)49(56)24-15-38-10-9-11-39(16-25-50-57(3,4)45-35-43(87(79,80)81)21-23-48(45)60(50)30-6-8-33-85(73,74)75)53(38)82-41-18-12-37(13-19-41)14-26-51(61)58-46(55(66)67)28-31-83(68,69)36-40(54(64)65)17-27-52(62)63/h15-16,20-25,34-35,37,40-41,46H,5-14,17-19,26-33,36H2,1-4H3,(H8-,58,61,62,63,64,65,66,67,68,69,70,71,72,73,74,75,76,77,78,79,80,81)/p+1. The van der Waals surface area contributed by atoms with Crippen LogP contribution in [0.2, 0.25) is 0 Å². The largest absolute Gasteiger partial charge is 0.490 e. The third kappa shape index (κ3) is 19.4. The van der Waals surface area contributed by atoms with Crippen molar-refractivity contribution >= 4 is 88.7 Å². The lowest BCUT2D eigenvalue weighted by atomic mass is 9.81. The minimum Gasteiger partial charge on any atom is -0.490 e. The number of carboxylic acids is 3. The van der Waals surface area contributed by atoms with E-state index in [4.69, 9.17) is 9.84 Å². The lowest BCUT2D eigenvalue weighted by Crippen LogP contribution is -2.41. The van der Waals surface area contributed by atoms with Gasteiger partial charge in [0.05, 0.1) is 38.7 Å². The van der Waals surface area contributed by atoms with Crippen LogP contribution < -0.4 is 10.2 Å². The molecule has 1 saturated carbocycles. The Morgan fingerprint density at radius 2 is 1.36 bits per heavy atom. The minimum atomic E-state index is -4.61. The molecule has 4 aliphatic rings. The molecule has 2 aromatic carbocycles. The number of amides is 1. The highest BCUT2D eigenvalue weighted by Gasteiger charge is 2.46. The van der Waals surface area contributed by atoms with Gasteiger partial charge in [-0.3, -0.25) is 37.2 Å². The summed E-state index contributed by atoms with van der Waals surface area (Å²) in [6.45, 7) is 8.07. The first kappa shape index (κ1) is 70.5. The second kappa shape index (κ2) is 28.5. The zero-order valence-electron chi connectivity index (χ0n) is 48.9. The molecule has 0 aromatic heterocycles. The number of hydrogen-bond donors (Lipinski definition) is 9. The Labute approximate surface area is 507 Å². The molecule has 0 spiro atoms. The molecule has 482 valence electrons. The first-order valence-corrected chi connectivity index (χ1v) is 36.7. The second-order valence-electron chi connectivity index (χ2n) is 23.8. The Balaban J connectivity index is 1.30. The molecule has 0 radical (unpaired) electrons. The first-order chi connectivity index (χ1) is 40.3. The van der Waals surface area contributed by atoms with Crippen LogP contribution in [0.4, 0.5) is 11.4 Å². The summed E-state index contributed by atoms with van der Waals surface area (Å²) >= 11 is 0. The van der Waals surface area contributed by atoms with Gasteiger partial charge in [-0.15, -0.1) is 0 Å². The fourth-order valence-electron chi connectivity index (χ4n) is 11.9. The van der Waals surface area contributed by atoms with E-state index in [0.29, 0.717) is 104 Å². The van der Waals surface area contributed by atoms with Crippen molar-refractivity contribution < 1.29 is 105 Å². The van der Waals surface area contributed by atoms with Gasteiger partial charge in [0.2, 0.25) is 19.0 Å². The number of hydrogen-bond acceptors (Lipinski definition) is 15. The molecule has 2 heterocycles. The highest BCUT2D eigenvalue weighted by molar-refractivity contribution is 7.86. The van der Waals surface area contributed by atoms with Crippen LogP contribution in [0.5, 0.6) is 0 Å². The van der Waals surface area contributed by atoms with E-state index in [9.17, 15) is 90.7 Å². The van der Waals surface area contributed by atoms with Crippen molar-refractivity contribution in [3.8, 4) is 0 Å². The topological polar surface area (TPSA) is 411 Å². The number of fused-ring (bicyclic) bond motifs is 2. The van der Waals surface area contributed by atoms with E-state index >= 15 is 0 Å². The number of nitrogens with zero attached hydrogens (tertiary/aromatic N) is 2.